The van der Waals surface area contributed by atoms with E-state index in [1.54, 1.807) is 24.3 Å². The molecular weight excluding hydrogens is 236 g/mol. The predicted molar refractivity (Wildman–Crippen MR) is 63.7 cm³/mol. The van der Waals surface area contributed by atoms with Crippen LogP contribution in [0.2, 0.25) is 0 Å². The maximum Gasteiger partial charge on any atom is 0.318 e. The van der Waals surface area contributed by atoms with Gasteiger partial charge < -0.3 is 5.73 Å². The largest absolute Gasteiger partial charge is 0.351 e. The second-order valence-corrected chi connectivity index (χ2v) is 3.61. The van der Waals surface area contributed by atoms with Crippen LogP contribution < -0.4 is 16.6 Å². The van der Waals surface area contributed by atoms with E-state index in [1.165, 1.54) is 6.33 Å². The Bertz CT molecular complexity index is 677. The van der Waals surface area contributed by atoms with Gasteiger partial charge in [-0.15, -0.1) is 0 Å². The Morgan fingerprint density at radius 1 is 1.33 bits per heavy atom. The van der Waals surface area contributed by atoms with Crippen molar-refractivity contribution in [2.45, 2.75) is 6.54 Å². The third-order valence-electron chi connectivity index (χ3n) is 2.31. The number of hydrogen-bond donors (Lipinski definition) is 2. The lowest BCUT2D eigenvalue weighted by atomic mass is 10.2. The molecule has 7 heteroatoms. The molecule has 7 nitrogen and oxygen atoms in total. The van der Waals surface area contributed by atoms with Crippen molar-refractivity contribution in [1.82, 2.24) is 14.9 Å². The fraction of sp³-hybridized carbons (Fsp3) is 0.0909. The normalized spacial score (nSPS) is 10.2. The third-order valence-corrected chi connectivity index (χ3v) is 2.31. The summed E-state index contributed by atoms with van der Waals surface area (Å²) in [5.74, 6) is -0.665. The second-order valence-electron chi connectivity index (χ2n) is 3.61. The number of urea groups is 1. The molecule has 0 aliphatic carbocycles. The smallest absolute Gasteiger partial charge is 0.318 e. The van der Waals surface area contributed by atoms with Gasteiger partial charge in [-0.05, 0) is 12.1 Å². The molecule has 0 radical (unpaired) electrons. The van der Waals surface area contributed by atoms with E-state index in [4.69, 9.17) is 5.73 Å². The molecule has 1 aromatic heterocycles. The Labute approximate surface area is 101 Å². The highest BCUT2D eigenvalue weighted by molar-refractivity contribution is 5.93. The molecular formula is C11H10N4O3. The van der Waals surface area contributed by atoms with E-state index in [1.807, 2.05) is 5.32 Å². The minimum absolute atomic E-state index is 0.306. The van der Waals surface area contributed by atoms with Crippen LogP contribution in [0.4, 0.5) is 4.79 Å². The van der Waals surface area contributed by atoms with Crippen LogP contribution in [0.5, 0.6) is 0 Å². The van der Waals surface area contributed by atoms with Crippen molar-refractivity contribution >= 4 is 22.8 Å². The van der Waals surface area contributed by atoms with Gasteiger partial charge in [0.2, 0.25) is 5.91 Å². The van der Waals surface area contributed by atoms with Crippen LogP contribution >= 0.6 is 0 Å². The minimum atomic E-state index is -0.957. The summed E-state index contributed by atoms with van der Waals surface area (Å²) in [4.78, 5) is 37.8. The van der Waals surface area contributed by atoms with E-state index in [0.717, 1.165) is 4.57 Å². The summed E-state index contributed by atoms with van der Waals surface area (Å²) < 4.78 is 1.11. The van der Waals surface area contributed by atoms with Gasteiger partial charge in [-0.25, -0.2) is 9.78 Å². The van der Waals surface area contributed by atoms with E-state index >= 15 is 0 Å². The lowest BCUT2D eigenvalue weighted by Gasteiger charge is -2.05. The van der Waals surface area contributed by atoms with Crippen LogP contribution in [-0.4, -0.2) is 21.5 Å². The average Bonchev–Trinajstić information content (AvgIpc) is 2.32. The number of nitrogens with two attached hydrogens (primary N) is 1. The van der Waals surface area contributed by atoms with Gasteiger partial charge in [-0.2, -0.15) is 0 Å². The van der Waals surface area contributed by atoms with Crippen molar-refractivity contribution < 1.29 is 9.59 Å². The van der Waals surface area contributed by atoms with Gasteiger partial charge in [0.05, 0.1) is 17.2 Å². The molecule has 0 saturated carbocycles. The Hall–Kier alpha value is -2.70. The molecule has 0 saturated heterocycles. The molecule has 18 heavy (non-hydrogen) atoms. The topological polar surface area (TPSA) is 107 Å². The first-order valence-electron chi connectivity index (χ1n) is 5.11. The number of benzene rings is 1. The van der Waals surface area contributed by atoms with E-state index in [-0.39, 0.29) is 12.1 Å². The Kier molecular flexibility index (Phi) is 3.05. The van der Waals surface area contributed by atoms with Crippen molar-refractivity contribution in [3.63, 3.8) is 0 Å². The quantitative estimate of drug-likeness (QED) is 0.751. The molecule has 3 amide bonds. The summed E-state index contributed by atoms with van der Waals surface area (Å²) in [6, 6.07) is 5.83. The Balaban J connectivity index is 2.35. The molecule has 92 valence electrons. The number of carbonyl (C=O) groups is 2. The molecule has 0 fully saturated rings. The highest BCUT2D eigenvalue weighted by atomic mass is 16.2. The number of para-hydroxylation sites is 1. The number of amides is 3. The fourth-order valence-electron chi connectivity index (χ4n) is 1.55. The zero-order chi connectivity index (χ0) is 13.1. The number of nitrogens with one attached hydrogen (secondary N) is 1. The van der Waals surface area contributed by atoms with Crippen LogP contribution in [-0.2, 0) is 11.3 Å². The number of imide groups is 1. The number of rotatable bonds is 2. The van der Waals surface area contributed by atoms with Gasteiger partial charge in [-0.3, -0.25) is 19.5 Å². The molecule has 2 aromatic rings. The predicted octanol–water partition coefficient (Wildman–Crippen LogP) is -0.409. The molecule has 0 unspecified atom stereocenters. The van der Waals surface area contributed by atoms with Gasteiger partial charge >= 0.3 is 6.03 Å². The van der Waals surface area contributed by atoms with Gasteiger partial charge in [-0.1, -0.05) is 12.1 Å². The molecule has 2 rings (SSSR count). The maximum absolute atomic E-state index is 12.0. The molecule has 0 spiro atoms. The number of aromatic nitrogens is 2. The third kappa shape index (κ3) is 2.34. The molecule has 1 heterocycles. The summed E-state index contributed by atoms with van der Waals surface area (Å²) in [6.07, 6.45) is 1.26. The number of primary amides is 1. The number of hydrogen-bond acceptors (Lipinski definition) is 4. The zero-order valence-corrected chi connectivity index (χ0v) is 9.29. The molecule has 0 atom stereocenters. The van der Waals surface area contributed by atoms with Gasteiger partial charge in [0.25, 0.3) is 5.56 Å². The van der Waals surface area contributed by atoms with Gasteiger partial charge in [0.15, 0.2) is 0 Å². The first kappa shape index (κ1) is 11.8. The summed E-state index contributed by atoms with van der Waals surface area (Å²) in [5.41, 5.74) is 5.00. The van der Waals surface area contributed by atoms with Crippen molar-refractivity contribution in [1.29, 1.82) is 0 Å². The summed E-state index contributed by atoms with van der Waals surface area (Å²) in [6.45, 7) is -0.306. The second kappa shape index (κ2) is 4.66. The monoisotopic (exact) mass is 246 g/mol. The SMILES string of the molecule is NC(=O)NC(=O)Cn1cnc2ccccc2c1=O. The van der Waals surface area contributed by atoms with E-state index < -0.39 is 11.9 Å². The van der Waals surface area contributed by atoms with E-state index in [0.29, 0.717) is 10.9 Å². The maximum atomic E-state index is 12.0. The van der Waals surface area contributed by atoms with Crippen LogP contribution in [0.1, 0.15) is 0 Å². The fourth-order valence-corrected chi connectivity index (χ4v) is 1.55. The van der Waals surface area contributed by atoms with Crippen molar-refractivity contribution in [3.05, 3.63) is 40.9 Å². The Morgan fingerprint density at radius 3 is 2.78 bits per heavy atom. The molecule has 0 aliphatic rings. The molecule has 0 bridgehead atoms. The minimum Gasteiger partial charge on any atom is -0.351 e. The van der Waals surface area contributed by atoms with E-state index in [9.17, 15) is 14.4 Å². The zero-order valence-electron chi connectivity index (χ0n) is 9.29. The molecule has 3 N–H and O–H groups in total. The lowest BCUT2D eigenvalue weighted by Crippen LogP contribution is -2.39. The summed E-state index contributed by atoms with van der Waals surface area (Å²) in [7, 11) is 0. The van der Waals surface area contributed by atoms with Crippen molar-refractivity contribution in [2.75, 3.05) is 0 Å². The summed E-state index contributed by atoms with van der Waals surface area (Å²) >= 11 is 0. The number of carbonyl (C=O) groups excluding carboxylic acids is 2. The van der Waals surface area contributed by atoms with Crippen molar-refractivity contribution in [3.8, 4) is 0 Å². The number of nitrogens with zero attached hydrogens (tertiary/aromatic N) is 2. The Morgan fingerprint density at radius 2 is 2.06 bits per heavy atom. The lowest BCUT2D eigenvalue weighted by molar-refractivity contribution is -0.120. The highest BCUT2D eigenvalue weighted by Gasteiger charge is 2.08. The number of fused-ring (bicyclic) bond motifs is 1. The van der Waals surface area contributed by atoms with Crippen LogP contribution in [0.3, 0.4) is 0 Å². The average molecular weight is 246 g/mol. The standard InChI is InChI=1S/C11H10N4O3/c12-11(18)14-9(16)5-15-6-13-8-4-2-1-3-7(8)10(15)17/h1-4,6H,5H2,(H3,12,14,16,18). The summed E-state index contributed by atoms with van der Waals surface area (Å²) in [5, 5.41) is 2.29. The van der Waals surface area contributed by atoms with Crippen molar-refractivity contribution in [2.24, 2.45) is 5.73 Å². The van der Waals surface area contributed by atoms with Crippen LogP contribution in [0.25, 0.3) is 10.9 Å². The highest BCUT2D eigenvalue weighted by Crippen LogP contribution is 2.04. The van der Waals surface area contributed by atoms with Gasteiger partial charge in [0, 0.05) is 0 Å². The first-order valence-corrected chi connectivity index (χ1v) is 5.11. The molecule has 0 aliphatic heterocycles. The molecule has 1 aromatic carbocycles. The van der Waals surface area contributed by atoms with Crippen LogP contribution in [0.15, 0.2) is 35.4 Å². The van der Waals surface area contributed by atoms with E-state index in [2.05, 4.69) is 4.98 Å². The van der Waals surface area contributed by atoms with Crippen LogP contribution in [0, 0.1) is 0 Å². The van der Waals surface area contributed by atoms with Gasteiger partial charge in [0.1, 0.15) is 6.54 Å². The first-order chi connectivity index (χ1) is 8.58.